The average Bonchev–Trinajstić information content (AvgIpc) is 3.37. The minimum atomic E-state index is -3.10. The average molecular weight is 820 g/mol. The van der Waals surface area contributed by atoms with Crippen LogP contribution in [0.1, 0.15) is 43.2 Å². The summed E-state index contributed by atoms with van der Waals surface area (Å²) in [5.74, 6) is 1.95. The minimum Gasteiger partial charge on any atom is -0.309 e. The van der Waals surface area contributed by atoms with Crippen LogP contribution in [0.5, 0.6) is 0 Å². The Bertz CT molecular complexity index is 2940. The third-order valence-electron chi connectivity index (χ3n) is 12.5. The molecule has 9 aromatic rings. The van der Waals surface area contributed by atoms with E-state index in [2.05, 4.69) is 121 Å². The van der Waals surface area contributed by atoms with E-state index in [0.717, 1.165) is 67.7 Å². The molecule has 1 fully saturated rings. The summed E-state index contributed by atoms with van der Waals surface area (Å²) in [6.07, 6.45) is 5.78. The van der Waals surface area contributed by atoms with Gasteiger partial charge in [-0.15, -0.1) is 0 Å². The van der Waals surface area contributed by atoms with Crippen LogP contribution < -0.4 is 15.9 Å². The number of rotatable bonds is 10. The van der Waals surface area contributed by atoms with E-state index in [-0.39, 0.29) is 5.41 Å². The molecule has 0 amide bonds. The normalized spacial score (nSPS) is 13.7. The van der Waals surface area contributed by atoms with E-state index in [0.29, 0.717) is 17.5 Å². The Hall–Kier alpha value is -7.00. The summed E-state index contributed by atoms with van der Waals surface area (Å²) in [5.41, 5.74) is 9.83. The molecule has 0 atom stereocenters. The molecule has 1 aromatic heterocycles. The molecule has 1 aliphatic rings. The molecule has 0 radical (unpaired) electrons. The van der Waals surface area contributed by atoms with Crippen LogP contribution >= 0.6 is 7.14 Å². The van der Waals surface area contributed by atoms with Gasteiger partial charge in [-0.2, -0.15) is 0 Å². The molecule has 1 saturated carbocycles. The van der Waals surface area contributed by atoms with Crippen LogP contribution in [-0.4, -0.2) is 15.0 Å². The van der Waals surface area contributed by atoms with Crippen LogP contribution in [0.4, 0.5) is 0 Å². The zero-order valence-corrected chi connectivity index (χ0v) is 35.4. The van der Waals surface area contributed by atoms with Crippen LogP contribution in [0.3, 0.4) is 0 Å². The summed E-state index contributed by atoms with van der Waals surface area (Å²) in [4.78, 5) is 15.2. The maximum Gasteiger partial charge on any atom is 0.171 e. The maximum atomic E-state index is 15.2. The number of benzene rings is 8. The fourth-order valence-corrected chi connectivity index (χ4v) is 11.9. The standard InChI is InChI=1S/C57H46N3OP/c61-62(51-25-10-3-11-26-51,52-27-12-4-13-28-52)53-29-17-23-47(41-53)43-30-34-49(35-31-43)57(38-14-5-15-39-57)50-36-32-45(33-37-50)55-58-54(44-20-8-2-9-21-44)59-56(60-55)48-24-16-22-46(40-48)42-18-6-1-7-19-42/h1-4,6-13,16-37,40-41H,5,14-15,38-39H2. The van der Waals surface area contributed by atoms with Gasteiger partial charge in [0.15, 0.2) is 24.6 Å². The second-order valence-electron chi connectivity index (χ2n) is 16.2. The van der Waals surface area contributed by atoms with Crippen molar-refractivity contribution in [2.75, 3.05) is 0 Å². The monoisotopic (exact) mass is 819 g/mol. The number of nitrogens with zero attached hydrogens (tertiary/aromatic N) is 3. The molecule has 4 nitrogen and oxygen atoms in total. The lowest BCUT2D eigenvalue weighted by atomic mass is 9.65. The first-order chi connectivity index (χ1) is 30.6. The van der Waals surface area contributed by atoms with Gasteiger partial charge in [-0.3, -0.25) is 0 Å². The fraction of sp³-hybridized carbons (Fsp3) is 0.105. The molecule has 300 valence electrons. The molecule has 1 heterocycles. The summed E-state index contributed by atoms with van der Waals surface area (Å²) in [5, 5.41) is 2.51. The van der Waals surface area contributed by atoms with E-state index < -0.39 is 7.14 Å². The summed E-state index contributed by atoms with van der Waals surface area (Å²) in [7, 11) is -3.10. The molecule has 0 spiro atoms. The van der Waals surface area contributed by atoms with Gasteiger partial charge in [0.1, 0.15) is 0 Å². The topological polar surface area (TPSA) is 55.7 Å². The summed E-state index contributed by atoms with van der Waals surface area (Å²) in [6.45, 7) is 0. The van der Waals surface area contributed by atoms with Crippen molar-refractivity contribution in [3.8, 4) is 56.4 Å². The lowest BCUT2D eigenvalue weighted by molar-refractivity contribution is 0.346. The third-order valence-corrected chi connectivity index (χ3v) is 15.6. The number of hydrogen-bond acceptors (Lipinski definition) is 4. The van der Waals surface area contributed by atoms with Crippen molar-refractivity contribution in [1.82, 2.24) is 15.0 Å². The SMILES string of the molecule is O=P(c1ccccc1)(c1ccccc1)c1cccc(-c2ccc(C3(c4ccc(-c5nc(-c6ccccc6)nc(-c6cccc(-c7ccccc7)c6)n5)cc4)CCCCC3)cc2)c1. The predicted octanol–water partition coefficient (Wildman–Crippen LogP) is 13.1. The Morgan fingerprint density at radius 2 is 0.694 bits per heavy atom. The van der Waals surface area contributed by atoms with Crippen molar-refractivity contribution in [2.45, 2.75) is 37.5 Å². The van der Waals surface area contributed by atoms with E-state index in [1.807, 2.05) is 97.1 Å². The minimum absolute atomic E-state index is 0.106. The highest BCUT2D eigenvalue weighted by molar-refractivity contribution is 7.85. The molecule has 0 N–H and O–H groups in total. The van der Waals surface area contributed by atoms with E-state index in [1.54, 1.807) is 0 Å². The Morgan fingerprint density at radius 1 is 0.323 bits per heavy atom. The predicted molar refractivity (Wildman–Crippen MR) is 257 cm³/mol. The van der Waals surface area contributed by atoms with E-state index in [1.165, 1.54) is 30.4 Å². The Morgan fingerprint density at radius 3 is 1.24 bits per heavy atom. The summed E-state index contributed by atoms with van der Waals surface area (Å²) < 4.78 is 15.2. The summed E-state index contributed by atoms with van der Waals surface area (Å²) >= 11 is 0. The van der Waals surface area contributed by atoms with E-state index in [4.69, 9.17) is 15.0 Å². The van der Waals surface area contributed by atoms with Crippen molar-refractivity contribution in [1.29, 1.82) is 0 Å². The van der Waals surface area contributed by atoms with Crippen molar-refractivity contribution >= 4 is 23.1 Å². The van der Waals surface area contributed by atoms with Crippen LogP contribution in [0.2, 0.25) is 0 Å². The Kier molecular flexibility index (Phi) is 10.8. The van der Waals surface area contributed by atoms with Gasteiger partial charge < -0.3 is 4.57 Å². The van der Waals surface area contributed by atoms with Gasteiger partial charge in [-0.25, -0.2) is 15.0 Å². The smallest absolute Gasteiger partial charge is 0.171 e. The van der Waals surface area contributed by atoms with Gasteiger partial charge in [-0.1, -0.05) is 226 Å². The van der Waals surface area contributed by atoms with Crippen LogP contribution in [0.15, 0.2) is 218 Å². The van der Waals surface area contributed by atoms with Gasteiger partial charge in [0.2, 0.25) is 0 Å². The lowest BCUT2D eigenvalue weighted by Gasteiger charge is -2.39. The Labute approximate surface area is 364 Å². The van der Waals surface area contributed by atoms with Gasteiger partial charge in [0.25, 0.3) is 0 Å². The third kappa shape index (κ3) is 7.64. The van der Waals surface area contributed by atoms with Crippen LogP contribution in [0.25, 0.3) is 56.4 Å². The van der Waals surface area contributed by atoms with Gasteiger partial charge in [0.05, 0.1) is 0 Å². The molecule has 0 aliphatic heterocycles. The first-order valence-corrected chi connectivity index (χ1v) is 23.3. The molecule has 1 aliphatic carbocycles. The molecular weight excluding hydrogens is 774 g/mol. The highest BCUT2D eigenvalue weighted by atomic mass is 31.2. The second kappa shape index (κ2) is 17.2. The molecule has 10 rings (SSSR count). The first kappa shape index (κ1) is 39.2. The number of hydrogen-bond donors (Lipinski definition) is 0. The quantitative estimate of drug-likeness (QED) is 0.129. The van der Waals surface area contributed by atoms with E-state index >= 15 is 4.57 Å². The van der Waals surface area contributed by atoms with Crippen LogP contribution in [-0.2, 0) is 9.98 Å². The molecule has 0 bridgehead atoms. The first-order valence-electron chi connectivity index (χ1n) is 21.6. The zero-order valence-electron chi connectivity index (χ0n) is 34.5. The largest absolute Gasteiger partial charge is 0.309 e. The Balaban J connectivity index is 0.984. The van der Waals surface area contributed by atoms with Crippen molar-refractivity contribution in [3.63, 3.8) is 0 Å². The molecular formula is C57H46N3OP. The highest BCUT2D eigenvalue weighted by Gasteiger charge is 2.36. The van der Waals surface area contributed by atoms with E-state index in [9.17, 15) is 0 Å². The van der Waals surface area contributed by atoms with Gasteiger partial charge in [0, 0.05) is 38.0 Å². The zero-order chi connectivity index (χ0) is 41.8. The van der Waals surface area contributed by atoms with Gasteiger partial charge >= 0.3 is 0 Å². The molecule has 0 saturated heterocycles. The number of aromatic nitrogens is 3. The second-order valence-corrected chi connectivity index (χ2v) is 19.0. The fourth-order valence-electron chi connectivity index (χ4n) is 9.24. The molecule has 0 unspecified atom stereocenters. The van der Waals surface area contributed by atoms with Crippen molar-refractivity contribution in [3.05, 3.63) is 230 Å². The highest BCUT2D eigenvalue weighted by Crippen LogP contribution is 2.46. The van der Waals surface area contributed by atoms with Crippen molar-refractivity contribution < 1.29 is 4.57 Å². The summed E-state index contributed by atoms with van der Waals surface area (Å²) in [6, 6.07) is 75.2. The molecule has 5 heteroatoms. The van der Waals surface area contributed by atoms with Crippen LogP contribution in [0, 0.1) is 0 Å². The molecule has 8 aromatic carbocycles. The van der Waals surface area contributed by atoms with Gasteiger partial charge in [-0.05, 0) is 58.4 Å². The maximum absolute atomic E-state index is 15.2. The molecule has 62 heavy (non-hydrogen) atoms. The lowest BCUT2D eigenvalue weighted by Crippen LogP contribution is -2.30. The van der Waals surface area contributed by atoms with Crippen molar-refractivity contribution in [2.24, 2.45) is 0 Å².